The Kier molecular flexibility index (Phi) is 3.97. The van der Waals surface area contributed by atoms with E-state index in [1.165, 1.54) is 6.07 Å². The Morgan fingerprint density at radius 1 is 1.32 bits per heavy atom. The lowest BCUT2D eigenvalue weighted by Gasteiger charge is -2.16. The molecule has 0 saturated carbocycles. The van der Waals surface area contributed by atoms with Crippen molar-refractivity contribution in [2.24, 2.45) is 0 Å². The van der Waals surface area contributed by atoms with Gasteiger partial charge in [-0.2, -0.15) is 0 Å². The summed E-state index contributed by atoms with van der Waals surface area (Å²) >= 11 is 0. The quantitative estimate of drug-likeness (QED) is 0.842. The molecule has 0 aromatic carbocycles. The van der Waals surface area contributed by atoms with Gasteiger partial charge in [-0.15, -0.1) is 10.2 Å². The molecule has 7 nitrogen and oxygen atoms in total. The summed E-state index contributed by atoms with van der Waals surface area (Å²) in [6.07, 6.45) is 5.72. The van der Waals surface area contributed by atoms with Gasteiger partial charge in [0.05, 0.1) is 5.69 Å². The van der Waals surface area contributed by atoms with Gasteiger partial charge in [0.25, 0.3) is 0 Å². The number of hydrogen-bond donors (Lipinski definition) is 1. The molecule has 0 spiro atoms. The van der Waals surface area contributed by atoms with Crippen LogP contribution in [0.25, 0.3) is 0 Å². The number of carbonyl (C=O) groups is 1. The fourth-order valence-electron chi connectivity index (χ4n) is 1.50. The number of nitrogens with zero attached hydrogens (tertiary/aromatic N) is 5. The number of aromatic carboxylic acids is 1. The zero-order chi connectivity index (χ0) is 13.7. The van der Waals surface area contributed by atoms with Crippen molar-refractivity contribution in [2.45, 2.75) is 6.42 Å². The molecule has 0 aliphatic carbocycles. The van der Waals surface area contributed by atoms with Crippen LogP contribution in [-0.4, -0.2) is 44.8 Å². The Labute approximate surface area is 110 Å². The van der Waals surface area contributed by atoms with Gasteiger partial charge in [0, 0.05) is 38.6 Å². The monoisotopic (exact) mass is 259 g/mol. The molecule has 2 heterocycles. The smallest absolute Gasteiger partial charge is 0.356 e. The van der Waals surface area contributed by atoms with E-state index in [0.717, 1.165) is 12.1 Å². The van der Waals surface area contributed by atoms with Gasteiger partial charge < -0.3 is 10.0 Å². The predicted octanol–water partition coefficient (Wildman–Crippen LogP) is 0.644. The zero-order valence-corrected chi connectivity index (χ0v) is 10.4. The SMILES string of the molecule is CN(CCc1cnccn1)c1ccc(C(=O)O)nn1. The maximum absolute atomic E-state index is 10.7. The number of likely N-dealkylation sites (N-methyl/N-ethyl adjacent to an activating group) is 1. The maximum atomic E-state index is 10.7. The second-order valence-electron chi connectivity index (χ2n) is 3.95. The van der Waals surface area contributed by atoms with E-state index in [9.17, 15) is 4.79 Å². The van der Waals surface area contributed by atoms with Crippen LogP contribution in [-0.2, 0) is 6.42 Å². The van der Waals surface area contributed by atoms with E-state index >= 15 is 0 Å². The first-order valence-electron chi connectivity index (χ1n) is 5.70. The molecular formula is C12H13N5O2. The molecular weight excluding hydrogens is 246 g/mol. The van der Waals surface area contributed by atoms with Crippen molar-refractivity contribution in [3.63, 3.8) is 0 Å². The summed E-state index contributed by atoms with van der Waals surface area (Å²) in [6, 6.07) is 3.07. The second-order valence-corrected chi connectivity index (χ2v) is 3.95. The fraction of sp³-hybridized carbons (Fsp3) is 0.250. The zero-order valence-electron chi connectivity index (χ0n) is 10.4. The Morgan fingerprint density at radius 2 is 2.16 bits per heavy atom. The van der Waals surface area contributed by atoms with Gasteiger partial charge in [-0.3, -0.25) is 9.97 Å². The van der Waals surface area contributed by atoms with Crippen molar-refractivity contribution in [3.8, 4) is 0 Å². The summed E-state index contributed by atoms with van der Waals surface area (Å²) in [5, 5.41) is 16.2. The Hall–Kier alpha value is -2.57. The van der Waals surface area contributed by atoms with E-state index in [4.69, 9.17) is 5.11 Å². The van der Waals surface area contributed by atoms with Crippen LogP contribution in [0.1, 0.15) is 16.2 Å². The minimum atomic E-state index is -1.08. The molecule has 0 amide bonds. The van der Waals surface area contributed by atoms with Crippen LogP contribution in [0.3, 0.4) is 0 Å². The molecule has 0 saturated heterocycles. The summed E-state index contributed by atoms with van der Waals surface area (Å²) in [5.74, 6) is -0.463. The van der Waals surface area contributed by atoms with Crippen LogP contribution in [0.4, 0.5) is 5.82 Å². The standard InChI is InChI=1S/C12H13N5O2/c1-17(7-4-9-8-13-5-6-14-9)11-3-2-10(12(18)19)15-16-11/h2-3,5-6,8H,4,7H2,1H3,(H,18,19). The van der Waals surface area contributed by atoms with Crippen LogP contribution in [0.2, 0.25) is 0 Å². The minimum Gasteiger partial charge on any atom is -0.476 e. The average molecular weight is 259 g/mol. The molecule has 1 N–H and O–H groups in total. The van der Waals surface area contributed by atoms with Gasteiger partial charge in [0.15, 0.2) is 11.5 Å². The third-order valence-corrected chi connectivity index (χ3v) is 2.58. The van der Waals surface area contributed by atoms with Gasteiger partial charge in [-0.25, -0.2) is 4.79 Å². The van der Waals surface area contributed by atoms with Gasteiger partial charge in [0.2, 0.25) is 0 Å². The first kappa shape index (κ1) is 12.9. The van der Waals surface area contributed by atoms with Crippen molar-refractivity contribution in [1.82, 2.24) is 20.2 Å². The molecule has 2 aromatic rings. The van der Waals surface area contributed by atoms with Crippen molar-refractivity contribution >= 4 is 11.8 Å². The van der Waals surface area contributed by atoms with Crippen molar-refractivity contribution < 1.29 is 9.90 Å². The summed E-state index contributed by atoms with van der Waals surface area (Å²) in [4.78, 5) is 20.7. The molecule has 0 unspecified atom stereocenters. The molecule has 98 valence electrons. The van der Waals surface area contributed by atoms with Crippen LogP contribution in [0.5, 0.6) is 0 Å². The van der Waals surface area contributed by atoms with Gasteiger partial charge in [-0.1, -0.05) is 0 Å². The highest BCUT2D eigenvalue weighted by atomic mass is 16.4. The van der Waals surface area contributed by atoms with Crippen LogP contribution < -0.4 is 4.90 Å². The molecule has 19 heavy (non-hydrogen) atoms. The van der Waals surface area contributed by atoms with Crippen LogP contribution in [0, 0.1) is 0 Å². The summed E-state index contributed by atoms with van der Waals surface area (Å²) < 4.78 is 0. The summed E-state index contributed by atoms with van der Waals surface area (Å²) in [6.45, 7) is 0.694. The lowest BCUT2D eigenvalue weighted by molar-refractivity contribution is 0.0689. The van der Waals surface area contributed by atoms with E-state index in [1.54, 1.807) is 24.7 Å². The van der Waals surface area contributed by atoms with Crippen molar-refractivity contribution in [2.75, 3.05) is 18.5 Å². The molecule has 2 aromatic heterocycles. The lowest BCUT2D eigenvalue weighted by atomic mass is 10.3. The Balaban J connectivity index is 1.96. The molecule has 0 fully saturated rings. The van der Waals surface area contributed by atoms with Gasteiger partial charge in [-0.05, 0) is 12.1 Å². The van der Waals surface area contributed by atoms with E-state index in [1.807, 2.05) is 11.9 Å². The third kappa shape index (κ3) is 3.44. The highest BCUT2D eigenvalue weighted by Gasteiger charge is 2.08. The number of carboxylic acids is 1. The molecule has 0 radical (unpaired) electrons. The number of anilines is 1. The van der Waals surface area contributed by atoms with E-state index in [0.29, 0.717) is 12.4 Å². The molecule has 2 rings (SSSR count). The Morgan fingerprint density at radius 3 is 2.74 bits per heavy atom. The molecule has 7 heteroatoms. The third-order valence-electron chi connectivity index (χ3n) is 2.58. The predicted molar refractivity (Wildman–Crippen MR) is 68.0 cm³/mol. The topological polar surface area (TPSA) is 92.1 Å². The summed E-state index contributed by atoms with van der Waals surface area (Å²) in [5.41, 5.74) is 0.829. The largest absolute Gasteiger partial charge is 0.476 e. The summed E-state index contributed by atoms with van der Waals surface area (Å²) in [7, 11) is 1.86. The molecule has 0 aliphatic heterocycles. The fourth-order valence-corrected chi connectivity index (χ4v) is 1.50. The van der Waals surface area contributed by atoms with Crippen LogP contribution in [0.15, 0.2) is 30.7 Å². The van der Waals surface area contributed by atoms with Gasteiger partial charge in [0.1, 0.15) is 0 Å². The number of rotatable bonds is 5. The normalized spacial score (nSPS) is 10.2. The number of carboxylic acid groups (broad SMARTS) is 1. The van der Waals surface area contributed by atoms with Crippen molar-refractivity contribution in [3.05, 3.63) is 42.1 Å². The molecule has 0 aliphatic rings. The number of aromatic nitrogens is 4. The molecule has 0 bridgehead atoms. The lowest BCUT2D eigenvalue weighted by Crippen LogP contribution is -2.22. The Bertz CT molecular complexity index is 544. The first-order valence-corrected chi connectivity index (χ1v) is 5.70. The minimum absolute atomic E-state index is 0.0638. The van der Waals surface area contributed by atoms with E-state index < -0.39 is 5.97 Å². The number of hydrogen-bond acceptors (Lipinski definition) is 6. The average Bonchev–Trinajstić information content (AvgIpc) is 2.46. The van der Waals surface area contributed by atoms with E-state index in [-0.39, 0.29) is 5.69 Å². The highest BCUT2D eigenvalue weighted by Crippen LogP contribution is 2.08. The van der Waals surface area contributed by atoms with Crippen molar-refractivity contribution in [1.29, 1.82) is 0 Å². The van der Waals surface area contributed by atoms with E-state index in [2.05, 4.69) is 20.2 Å². The van der Waals surface area contributed by atoms with Gasteiger partial charge >= 0.3 is 5.97 Å². The second kappa shape index (κ2) is 5.85. The molecule has 0 atom stereocenters. The highest BCUT2D eigenvalue weighted by molar-refractivity contribution is 5.85. The maximum Gasteiger partial charge on any atom is 0.356 e. The first-order chi connectivity index (χ1) is 9.16. The van der Waals surface area contributed by atoms with Crippen LogP contribution >= 0.6 is 0 Å².